The highest BCUT2D eigenvalue weighted by Gasteiger charge is 2.24. The summed E-state index contributed by atoms with van der Waals surface area (Å²) < 4.78 is 5.80. The Morgan fingerprint density at radius 2 is 1.71 bits per heavy atom. The van der Waals surface area contributed by atoms with Crippen LogP contribution in [0.25, 0.3) is 10.8 Å². The number of fused-ring (bicyclic) bond motifs is 1. The third-order valence-corrected chi connectivity index (χ3v) is 5.14. The van der Waals surface area contributed by atoms with E-state index in [1.54, 1.807) is 18.5 Å². The fraction of sp³-hybridized carbons (Fsp3) is 0.318. The molecular formula is C22H24N4O2. The second-order valence-corrected chi connectivity index (χ2v) is 7.09. The first-order valence-corrected chi connectivity index (χ1v) is 9.72. The van der Waals surface area contributed by atoms with E-state index in [0.29, 0.717) is 12.6 Å². The Morgan fingerprint density at radius 1 is 0.964 bits per heavy atom. The van der Waals surface area contributed by atoms with Gasteiger partial charge in [-0.25, -0.2) is 14.8 Å². The molecule has 2 N–H and O–H groups in total. The summed E-state index contributed by atoms with van der Waals surface area (Å²) in [5, 5.41) is 8.43. The molecule has 3 aromatic rings. The smallest absolute Gasteiger partial charge is 0.316 e. The van der Waals surface area contributed by atoms with Crippen molar-refractivity contribution in [2.45, 2.75) is 44.4 Å². The lowest BCUT2D eigenvalue weighted by Gasteiger charge is -2.28. The Morgan fingerprint density at radius 3 is 2.54 bits per heavy atom. The van der Waals surface area contributed by atoms with E-state index in [9.17, 15) is 4.79 Å². The van der Waals surface area contributed by atoms with E-state index >= 15 is 0 Å². The van der Waals surface area contributed by atoms with Gasteiger partial charge in [-0.3, -0.25) is 0 Å². The molecule has 1 aliphatic carbocycles. The molecule has 0 aliphatic heterocycles. The van der Waals surface area contributed by atoms with E-state index in [-0.39, 0.29) is 18.2 Å². The van der Waals surface area contributed by atoms with Crippen LogP contribution in [0.15, 0.2) is 60.9 Å². The fourth-order valence-electron chi connectivity index (χ4n) is 3.68. The van der Waals surface area contributed by atoms with E-state index in [1.165, 1.54) is 10.8 Å². The number of amides is 2. The second kappa shape index (κ2) is 8.69. The van der Waals surface area contributed by atoms with Crippen molar-refractivity contribution in [2.75, 3.05) is 0 Å². The maximum Gasteiger partial charge on any atom is 0.316 e. The van der Waals surface area contributed by atoms with Crippen LogP contribution >= 0.6 is 0 Å². The van der Waals surface area contributed by atoms with Crippen molar-refractivity contribution < 1.29 is 9.53 Å². The number of nitrogens with one attached hydrogen (secondary N) is 2. The molecule has 0 saturated heterocycles. The zero-order valence-electron chi connectivity index (χ0n) is 15.7. The molecule has 2 aromatic carbocycles. The van der Waals surface area contributed by atoms with Crippen LogP contribution in [0.5, 0.6) is 6.01 Å². The number of ether oxygens (including phenoxy) is 1. The third kappa shape index (κ3) is 4.57. The van der Waals surface area contributed by atoms with Crippen LogP contribution in [-0.2, 0) is 6.54 Å². The summed E-state index contributed by atoms with van der Waals surface area (Å²) in [6.45, 7) is 0.511. The quantitative estimate of drug-likeness (QED) is 0.710. The third-order valence-electron chi connectivity index (χ3n) is 5.14. The van der Waals surface area contributed by atoms with Gasteiger partial charge in [0.1, 0.15) is 6.10 Å². The van der Waals surface area contributed by atoms with Crippen LogP contribution in [0.3, 0.4) is 0 Å². The molecule has 1 saturated carbocycles. The van der Waals surface area contributed by atoms with E-state index in [0.717, 1.165) is 31.2 Å². The lowest BCUT2D eigenvalue weighted by Crippen LogP contribution is -2.44. The van der Waals surface area contributed by atoms with Crippen LogP contribution in [0.1, 0.15) is 31.2 Å². The molecule has 1 aliphatic rings. The molecule has 0 spiro atoms. The minimum Gasteiger partial charge on any atom is -0.460 e. The Hall–Kier alpha value is -3.15. The number of benzene rings is 2. The van der Waals surface area contributed by atoms with Crippen LogP contribution in [0.4, 0.5) is 4.79 Å². The highest BCUT2D eigenvalue weighted by atomic mass is 16.5. The molecule has 6 heteroatoms. The standard InChI is InChI=1S/C22H24N4O2/c27-21(25-15-17-7-3-6-16-5-1-2-8-20(16)17)26-18-9-11-19(12-10-18)28-22-23-13-4-14-24-22/h1-8,13-14,18-19H,9-12,15H2,(H2,25,26,27). The fourth-order valence-corrected chi connectivity index (χ4v) is 3.68. The zero-order chi connectivity index (χ0) is 19.2. The Balaban J connectivity index is 1.24. The van der Waals surface area contributed by atoms with Gasteiger partial charge in [-0.15, -0.1) is 0 Å². The summed E-state index contributed by atoms with van der Waals surface area (Å²) in [7, 11) is 0. The number of rotatable bonds is 5. The largest absolute Gasteiger partial charge is 0.460 e. The molecule has 28 heavy (non-hydrogen) atoms. The summed E-state index contributed by atoms with van der Waals surface area (Å²) in [5.41, 5.74) is 1.12. The Bertz CT molecular complexity index is 919. The van der Waals surface area contributed by atoms with Crippen molar-refractivity contribution in [3.8, 4) is 6.01 Å². The van der Waals surface area contributed by atoms with E-state index in [2.05, 4.69) is 44.9 Å². The summed E-state index contributed by atoms with van der Waals surface area (Å²) in [4.78, 5) is 20.5. The van der Waals surface area contributed by atoms with Gasteiger partial charge >= 0.3 is 12.0 Å². The van der Waals surface area contributed by atoms with Crippen LogP contribution < -0.4 is 15.4 Å². The van der Waals surface area contributed by atoms with Crippen molar-refractivity contribution in [3.63, 3.8) is 0 Å². The number of carbonyl (C=O) groups excluding carboxylic acids is 1. The lowest BCUT2D eigenvalue weighted by atomic mass is 9.93. The molecule has 144 valence electrons. The zero-order valence-corrected chi connectivity index (χ0v) is 15.7. The van der Waals surface area contributed by atoms with Gasteiger partial charge in [-0.1, -0.05) is 42.5 Å². The van der Waals surface area contributed by atoms with E-state index in [4.69, 9.17) is 4.74 Å². The number of hydrogen-bond donors (Lipinski definition) is 2. The van der Waals surface area contributed by atoms with Gasteiger partial charge in [0.05, 0.1) is 0 Å². The predicted octanol–water partition coefficient (Wildman–Crippen LogP) is 3.82. The summed E-state index contributed by atoms with van der Waals surface area (Å²) in [6, 6.07) is 16.6. The number of aromatic nitrogens is 2. The highest BCUT2D eigenvalue weighted by molar-refractivity contribution is 5.86. The monoisotopic (exact) mass is 376 g/mol. The Kier molecular flexibility index (Phi) is 5.66. The lowest BCUT2D eigenvalue weighted by molar-refractivity contribution is 0.129. The molecular weight excluding hydrogens is 352 g/mol. The molecule has 0 unspecified atom stereocenters. The molecule has 0 radical (unpaired) electrons. The SMILES string of the molecule is O=C(NCc1cccc2ccccc12)NC1CCC(Oc2ncccn2)CC1. The normalized spacial score (nSPS) is 19.1. The average Bonchev–Trinajstić information content (AvgIpc) is 2.74. The van der Waals surface area contributed by atoms with Gasteiger partial charge in [0.25, 0.3) is 0 Å². The van der Waals surface area contributed by atoms with Gasteiger partial charge in [0.15, 0.2) is 0 Å². The van der Waals surface area contributed by atoms with Crippen LogP contribution in [0, 0.1) is 0 Å². The van der Waals surface area contributed by atoms with Crippen molar-refractivity contribution in [3.05, 3.63) is 66.5 Å². The minimum atomic E-state index is -0.122. The minimum absolute atomic E-state index is 0.110. The van der Waals surface area contributed by atoms with Crippen molar-refractivity contribution in [1.82, 2.24) is 20.6 Å². The number of urea groups is 1. The molecule has 0 bridgehead atoms. The van der Waals surface area contributed by atoms with Crippen LogP contribution in [-0.4, -0.2) is 28.1 Å². The number of carbonyl (C=O) groups is 1. The van der Waals surface area contributed by atoms with Gasteiger partial charge < -0.3 is 15.4 Å². The first-order valence-electron chi connectivity index (χ1n) is 9.72. The first kappa shape index (κ1) is 18.2. The molecule has 4 rings (SSSR count). The molecule has 2 amide bonds. The molecule has 6 nitrogen and oxygen atoms in total. The molecule has 1 heterocycles. The molecule has 0 atom stereocenters. The first-order chi connectivity index (χ1) is 13.8. The average molecular weight is 376 g/mol. The topological polar surface area (TPSA) is 76.1 Å². The molecule has 1 fully saturated rings. The maximum absolute atomic E-state index is 12.3. The molecule has 1 aromatic heterocycles. The van der Waals surface area contributed by atoms with Crippen LogP contribution in [0.2, 0.25) is 0 Å². The van der Waals surface area contributed by atoms with E-state index in [1.807, 2.05) is 18.2 Å². The highest BCUT2D eigenvalue weighted by Crippen LogP contribution is 2.22. The van der Waals surface area contributed by atoms with Crippen molar-refractivity contribution >= 4 is 16.8 Å². The summed E-state index contributed by atoms with van der Waals surface area (Å²) >= 11 is 0. The predicted molar refractivity (Wildman–Crippen MR) is 108 cm³/mol. The van der Waals surface area contributed by atoms with E-state index < -0.39 is 0 Å². The Labute approximate surface area is 164 Å². The van der Waals surface area contributed by atoms with Crippen molar-refractivity contribution in [2.24, 2.45) is 0 Å². The summed E-state index contributed by atoms with van der Waals surface area (Å²) in [6.07, 6.45) is 7.00. The maximum atomic E-state index is 12.3. The number of nitrogens with zero attached hydrogens (tertiary/aromatic N) is 2. The van der Waals surface area contributed by atoms with Gasteiger partial charge in [0, 0.05) is 25.0 Å². The van der Waals surface area contributed by atoms with Gasteiger partial charge in [-0.2, -0.15) is 0 Å². The summed E-state index contributed by atoms with van der Waals surface area (Å²) in [5.74, 6) is 0. The number of hydrogen-bond acceptors (Lipinski definition) is 4. The van der Waals surface area contributed by atoms with Gasteiger partial charge in [0.2, 0.25) is 0 Å². The second-order valence-electron chi connectivity index (χ2n) is 7.09. The van der Waals surface area contributed by atoms with Crippen molar-refractivity contribution in [1.29, 1.82) is 0 Å². The van der Waals surface area contributed by atoms with Gasteiger partial charge in [-0.05, 0) is 48.1 Å².